The Morgan fingerprint density at radius 1 is 0.812 bits per heavy atom. The van der Waals surface area contributed by atoms with Gasteiger partial charge >= 0.3 is 0 Å². The van der Waals surface area contributed by atoms with E-state index in [0.29, 0.717) is 34.8 Å². The predicted molar refractivity (Wildman–Crippen MR) is 131 cm³/mol. The number of ether oxygens (including phenoxy) is 2. The van der Waals surface area contributed by atoms with Crippen molar-refractivity contribution in [2.24, 2.45) is 5.16 Å². The minimum atomic E-state index is 0.124. The molecule has 4 nitrogen and oxygen atoms in total. The minimum Gasteiger partial charge on any atom is -0.489 e. The van der Waals surface area contributed by atoms with Crippen molar-refractivity contribution in [3.8, 4) is 11.5 Å². The number of halogens is 4. The lowest BCUT2D eigenvalue weighted by molar-refractivity contribution is 0.132. The summed E-state index contributed by atoms with van der Waals surface area (Å²) in [6.45, 7) is 0.917. The SMILES string of the molecule is ClC(Cl)=CCOc1cc(Cl)c(OCc2ccc(C=NOCc3ccccc3)cc2)c(Cl)c1. The summed E-state index contributed by atoms with van der Waals surface area (Å²) in [4.78, 5) is 5.32. The molecule has 0 amide bonds. The summed E-state index contributed by atoms with van der Waals surface area (Å²) in [5.41, 5.74) is 2.91. The van der Waals surface area contributed by atoms with Gasteiger partial charge in [0.25, 0.3) is 0 Å². The topological polar surface area (TPSA) is 40.0 Å². The molecule has 0 bridgehead atoms. The highest BCUT2D eigenvalue weighted by Crippen LogP contribution is 2.37. The molecule has 0 radical (unpaired) electrons. The van der Waals surface area contributed by atoms with Crippen LogP contribution in [0.3, 0.4) is 0 Å². The van der Waals surface area contributed by atoms with Gasteiger partial charge in [0, 0.05) is 12.1 Å². The van der Waals surface area contributed by atoms with Crippen LogP contribution >= 0.6 is 46.4 Å². The first kappa shape index (κ1) is 24.3. The highest BCUT2D eigenvalue weighted by atomic mass is 35.5. The molecule has 0 unspecified atom stereocenters. The predicted octanol–water partition coefficient (Wildman–Crippen LogP) is 7.82. The third-order valence-electron chi connectivity index (χ3n) is 4.17. The fourth-order valence-corrected chi connectivity index (χ4v) is 3.30. The van der Waals surface area contributed by atoms with E-state index in [4.69, 9.17) is 60.7 Å². The Morgan fingerprint density at radius 3 is 2.12 bits per heavy atom. The third-order valence-corrected chi connectivity index (χ3v) is 5.04. The molecule has 0 spiro atoms. The number of nitrogens with zero attached hydrogens (tertiary/aromatic N) is 1. The van der Waals surface area contributed by atoms with Crippen LogP contribution < -0.4 is 9.47 Å². The molecule has 0 aromatic heterocycles. The zero-order valence-electron chi connectivity index (χ0n) is 16.8. The van der Waals surface area contributed by atoms with Gasteiger partial charge in [-0.2, -0.15) is 0 Å². The van der Waals surface area contributed by atoms with Crippen molar-refractivity contribution in [1.29, 1.82) is 0 Å². The molecular formula is C24H19Cl4NO3. The van der Waals surface area contributed by atoms with Gasteiger partial charge in [0.15, 0.2) is 5.75 Å². The van der Waals surface area contributed by atoms with Crippen molar-refractivity contribution in [2.45, 2.75) is 13.2 Å². The van der Waals surface area contributed by atoms with Crippen LogP contribution in [0.25, 0.3) is 0 Å². The molecule has 0 aliphatic heterocycles. The Morgan fingerprint density at radius 2 is 1.47 bits per heavy atom. The molecule has 0 aliphatic rings. The van der Waals surface area contributed by atoms with E-state index in [2.05, 4.69) is 5.16 Å². The average Bonchev–Trinajstić information content (AvgIpc) is 2.77. The molecule has 166 valence electrons. The van der Waals surface area contributed by atoms with Crippen molar-refractivity contribution >= 4 is 52.6 Å². The zero-order valence-corrected chi connectivity index (χ0v) is 19.8. The zero-order chi connectivity index (χ0) is 22.8. The normalized spacial score (nSPS) is 10.8. The van der Waals surface area contributed by atoms with E-state index in [1.165, 1.54) is 6.08 Å². The van der Waals surface area contributed by atoms with E-state index in [1.54, 1.807) is 18.3 Å². The van der Waals surface area contributed by atoms with Gasteiger partial charge in [0.1, 0.15) is 30.1 Å². The van der Waals surface area contributed by atoms with Crippen LogP contribution in [0.1, 0.15) is 16.7 Å². The number of oxime groups is 1. The van der Waals surface area contributed by atoms with Crippen LogP contribution in [0.5, 0.6) is 11.5 Å². The lowest BCUT2D eigenvalue weighted by Crippen LogP contribution is -1.99. The molecule has 0 fully saturated rings. The Labute approximate surface area is 206 Å². The molecule has 0 atom stereocenters. The Kier molecular flexibility index (Phi) is 9.57. The van der Waals surface area contributed by atoms with Crippen molar-refractivity contribution in [2.75, 3.05) is 6.61 Å². The molecule has 0 N–H and O–H groups in total. The largest absolute Gasteiger partial charge is 0.489 e. The van der Waals surface area contributed by atoms with Gasteiger partial charge in [0.05, 0.1) is 16.3 Å². The Bertz CT molecular complexity index is 1040. The summed E-state index contributed by atoms with van der Waals surface area (Å²) in [6.07, 6.45) is 3.17. The standard InChI is InChI=1S/C24H19Cl4NO3/c25-21-12-20(30-11-10-23(27)28)13-22(26)24(21)31-15-19-8-6-17(7-9-19)14-29-32-16-18-4-2-1-3-5-18/h1-10,12-14H,11,15-16H2. The lowest BCUT2D eigenvalue weighted by Gasteiger charge is -2.12. The summed E-state index contributed by atoms with van der Waals surface area (Å²) < 4.78 is 11.4. The Hall–Kier alpha value is -2.37. The smallest absolute Gasteiger partial charge is 0.157 e. The van der Waals surface area contributed by atoms with E-state index in [1.807, 2.05) is 54.6 Å². The van der Waals surface area contributed by atoms with Crippen LogP contribution in [0.15, 0.2) is 82.5 Å². The molecule has 0 saturated carbocycles. The van der Waals surface area contributed by atoms with E-state index >= 15 is 0 Å². The second kappa shape index (κ2) is 12.6. The van der Waals surface area contributed by atoms with Crippen molar-refractivity contribution in [1.82, 2.24) is 0 Å². The molecule has 3 aromatic rings. The number of hydrogen-bond acceptors (Lipinski definition) is 4. The second-order valence-corrected chi connectivity index (χ2v) is 8.37. The van der Waals surface area contributed by atoms with Gasteiger partial charge < -0.3 is 14.3 Å². The summed E-state index contributed by atoms with van der Waals surface area (Å²) in [5, 5.41) is 4.68. The second-order valence-electron chi connectivity index (χ2n) is 6.54. The van der Waals surface area contributed by atoms with Crippen LogP contribution in [0.4, 0.5) is 0 Å². The van der Waals surface area contributed by atoms with Crippen molar-refractivity contribution in [3.05, 3.63) is 104 Å². The Balaban J connectivity index is 1.51. The number of hydrogen-bond donors (Lipinski definition) is 0. The molecule has 0 aliphatic carbocycles. The van der Waals surface area contributed by atoms with Crippen molar-refractivity contribution < 1.29 is 14.3 Å². The highest BCUT2D eigenvalue weighted by Gasteiger charge is 2.11. The maximum absolute atomic E-state index is 6.29. The lowest BCUT2D eigenvalue weighted by atomic mass is 10.1. The molecule has 0 heterocycles. The van der Waals surface area contributed by atoms with Crippen LogP contribution in [-0.2, 0) is 18.1 Å². The van der Waals surface area contributed by atoms with Crippen LogP contribution in [-0.4, -0.2) is 12.8 Å². The first-order valence-electron chi connectivity index (χ1n) is 9.55. The third kappa shape index (κ3) is 7.95. The maximum atomic E-state index is 6.29. The van der Waals surface area contributed by atoms with Crippen LogP contribution in [0, 0.1) is 0 Å². The average molecular weight is 511 g/mol. The molecule has 8 heteroatoms. The highest BCUT2D eigenvalue weighted by molar-refractivity contribution is 6.55. The summed E-state index contributed by atoms with van der Waals surface area (Å²) >= 11 is 23.7. The molecule has 0 saturated heterocycles. The number of benzene rings is 3. The van der Waals surface area contributed by atoms with Gasteiger partial charge in [-0.15, -0.1) is 0 Å². The van der Waals surface area contributed by atoms with E-state index < -0.39 is 0 Å². The van der Waals surface area contributed by atoms with Gasteiger partial charge in [-0.05, 0) is 22.8 Å². The quantitative estimate of drug-likeness (QED) is 0.206. The van der Waals surface area contributed by atoms with Crippen LogP contribution in [0.2, 0.25) is 10.0 Å². The fraction of sp³-hybridized carbons (Fsp3) is 0.125. The summed E-state index contributed by atoms with van der Waals surface area (Å²) in [6, 6.07) is 20.8. The minimum absolute atomic E-state index is 0.124. The van der Waals surface area contributed by atoms with Crippen molar-refractivity contribution in [3.63, 3.8) is 0 Å². The summed E-state index contributed by atoms with van der Waals surface area (Å²) in [7, 11) is 0. The maximum Gasteiger partial charge on any atom is 0.157 e. The van der Waals surface area contributed by atoms with Gasteiger partial charge in [-0.1, -0.05) is 106 Å². The summed E-state index contributed by atoms with van der Waals surface area (Å²) in [5.74, 6) is 0.864. The fourth-order valence-electron chi connectivity index (χ4n) is 2.60. The first-order valence-corrected chi connectivity index (χ1v) is 11.1. The monoisotopic (exact) mass is 509 g/mol. The van der Waals surface area contributed by atoms with Gasteiger partial charge in [0.2, 0.25) is 0 Å². The van der Waals surface area contributed by atoms with Gasteiger partial charge in [-0.25, -0.2) is 0 Å². The number of rotatable bonds is 10. The molecule has 3 rings (SSSR count). The first-order chi connectivity index (χ1) is 15.5. The van der Waals surface area contributed by atoms with E-state index in [0.717, 1.165) is 16.7 Å². The molecule has 3 aromatic carbocycles. The molecule has 32 heavy (non-hydrogen) atoms. The van der Waals surface area contributed by atoms with E-state index in [9.17, 15) is 0 Å². The van der Waals surface area contributed by atoms with E-state index in [-0.39, 0.29) is 11.1 Å². The van der Waals surface area contributed by atoms with Gasteiger partial charge in [-0.3, -0.25) is 0 Å². The molecular weight excluding hydrogens is 492 g/mol.